The summed E-state index contributed by atoms with van der Waals surface area (Å²) >= 11 is 7.67. The second-order valence-electron chi connectivity index (χ2n) is 10.9. The van der Waals surface area contributed by atoms with Crippen molar-refractivity contribution in [1.29, 1.82) is 0 Å². The van der Waals surface area contributed by atoms with E-state index in [0.717, 1.165) is 22.4 Å². The molecule has 0 amide bonds. The summed E-state index contributed by atoms with van der Waals surface area (Å²) in [5.41, 5.74) is 0.737. The largest absolute Gasteiger partial charge is 0.489 e. The average molecular weight is 661 g/mol. The fraction of sp³-hybridized carbons (Fsp3) is 0.414. The van der Waals surface area contributed by atoms with E-state index < -0.39 is 36.7 Å². The van der Waals surface area contributed by atoms with Gasteiger partial charge < -0.3 is 4.74 Å². The molecule has 5 rings (SSSR count). The van der Waals surface area contributed by atoms with Crippen LogP contribution in [-0.2, 0) is 13.1 Å². The van der Waals surface area contributed by atoms with Crippen molar-refractivity contribution in [3.05, 3.63) is 79.0 Å². The van der Waals surface area contributed by atoms with Crippen LogP contribution >= 0.6 is 22.9 Å². The van der Waals surface area contributed by atoms with E-state index in [1.807, 2.05) is 13.8 Å². The van der Waals surface area contributed by atoms with Gasteiger partial charge in [-0.1, -0.05) is 18.5 Å². The number of thiophene rings is 1. The first-order chi connectivity index (χ1) is 20.6. The van der Waals surface area contributed by atoms with Crippen LogP contribution in [0.4, 0.5) is 26.3 Å². The lowest BCUT2D eigenvalue weighted by atomic mass is 9.95. The first-order valence-electron chi connectivity index (χ1n) is 13.6. The molecule has 44 heavy (non-hydrogen) atoms. The molecule has 1 aromatic carbocycles. The van der Waals surface area contributed by atoms with E-state index in [0.29, 0.717) is 48.0 Å². The number of likely N-dealkylation sites (tertiary alicyclic amines) is 1. The standard InChI is InChI=1S/C29H27ClF6N4O3S/c1-16-9-18(30)10-21(25(16)43-23-4-7-38(12-17(23)2)14-28(31,32)33)20-3-6-37-22-11-19(44-26(20)22)13-40-24(41)5-8-39(27(40)42)15-29(34,35)36/h3,5-6,8-11,17,23H,4,7,12-15H2,1-2H3/t17-,23+/m0/s1. The van der Waals surface area contributed by atoms with Gasteiger partial charge in [0, 0.05) is 58.5 Å². The highest BCUT2D eigenvalue weighted by Gasteiger charge is 2.36. The van der Waals surface area contributed by atoms with E-state index in [-0.39, 0.29) is 31.7 Å². The fourth-order valence-electron chi connectivity index (χ4n) is 5.47. The highest BCUT2D eigenvalue weighted by Crippen LogP contribution is 2.42. The second kappa shape index (κ2) is 12.2. The lowest BCUT2D eigenvalue weighted by Gasteiger charge is -2.37. The number of aromatic nitrogens is 3. The average Bonchev–Trinajstić information content (AvgIpc) is 3.32. The van der Waals surface area contributed by atoms with Gasteiger partial charge >= 0.3 is 18.0 Å². The Balaban J connectivity index is 1.48. The quantitative estimate of drug-likeness (QED) is 0.212. The number of benzene rings is 1. The molecule has 0 spiro atoms. The van der Waals surface area contributed by atoms with Crippen LogP contribution < -0.4 is 16.0 Å². The lowest BCUT2D eigenvalue weighted by molar-refractivity contribution is -0.152. The smallest absolute Gasteiger partial charge is 0.406 e. The Morgan fingerprint density at radius 2 is 1.77 bits per heavy atom. The summed E-state index contributed by atoms with van der Waals surface area (Å²) < 4.78 is 86.0. The van der Waals surface area contributed by atoms with Gasteiger partial charge in [0.1, 0.15) is 18.4 Å². The zero-order chi connectivity index (χ0) is 32.0. The maximum atomic E-state index is 12.9. The van der Waals surface area contributed by atoms with Crippen LogP contribution in [0.1, 0.15) is 23.8 Å². The van der Waals surface area contributed by atoms with Crippen LogP contribution in [0.15, 0.2) is 52.3 Å². The second-order valence-corrected chi connectivity index (χ2v) is 12.5. The summed E-state index contributed by atoms with van der Waals surface area (Å²) in [6.07, 6.45) is -6.49. The lowest BCUT2D eigenvalue weighted by Crippen LogP contribution is -2.47. The molecule has 2 atom stereocenters. The summed E-state index contributed by atoms with van der Waals surface area (Å²) in [6.45, 7) is 1.36. The zero-order valence-corrected chi connectivity index (χ0v) is 25.1. The van der Waals surface area contributed by atoms with Crippen molar-refractivity contribution in [3.63, 3.8) is 0 Å². The monoisotopic (exact) mass is 660 g/mol. The maximum Gasteiger partial charge on any atom is 0.406 e. The molecule has 236 valence electrons. The molecule has 1 aliphatic rings. The van der Waals surface area contributed by atoms with Crippen molar-refractivity contribution in [1.82, 2.24) is 19.0 Å². The van der Waals surface area contributed by atoms with E-state index in [4.69, 9.17) is 16.3 Å². The molecule has 1 saturated heterocycles. The van der Waals surface area contributed by atoms with Crippen LogP contribution in [-0.4, -0.2) is 57.1 Å². The van der Waals surface area contributed by atoms with Crippen molar-refractivity contribution in [2.75, 3.05) is 19.6 Å². The minimum Gasteiger partial charge on any atom is -0.489 e. The topological polar surface area (TPSA) is 69.4 Å². The Bertz CT molecular complexity index is 1800. The summed E-state index contributed by atoms with van der Waals surface area (Å²) in [4.78, 5) is 31.5. The third-order valence-corrected chi connectivity index (χ3v) is 8.74. The van der Waals surface area contributed by atoms with Gasteiger partial charge in [-0.3, -0.25) is 23.8 Å². The Hall–Kier alpha value is -3.36. The summed E-state index contributed by atoms with van der Waals surface area (Å²) in [5.74, 6) is 0.331. The van der Waals surface area contributed by atoms with Gasteiger partial charge in [-0.2, -0.15) is 26.3 Å². The molecule has 0 aliphatic carbocycles. The van der Waals surface area contributed by atoms with Crippen molar-refractivity contribution >= 4 is 33.2 Å². The molecule has 0 N–H and O–H groups in total. The minimum absolute atomic E-state index is 0.189. The SMILES string of the molecule is Cc1cc(Cl)cc(-c2ccnc3cc(Cn4c(=O)ccn(CC(F)(F)F)c4=O)sc23)c1O[C@@H]1CCN(CC(F)(F)F)C[C@@H]1C. The number of piperidine rings is 1. The van der Waals surface area contributed by atoms with Crippen LogP contribution in [0.3, 0.4) is 0 Å². The molecule has 1 aliphatic heterocycles. The predicted octanol–water partition coefficient (Wildman–Crippen LogP) is 6.51. The number of hydrogen-bond acceptors (Lipinski definition) is 6. The number of alkyl halides is 6. The van der Waals surface area contributed by atoms with E-state index in [1.54, 1.807) is 30.5 Å². The van der Waals surface area contributed by atoms with Crippen LogP contribution in [0.25, 0.3) is 21.3 Å². The third-order valence-electron chi connectivity index (χ3n) is 7.38. The molecule has 4 aromatic rings. The predicted molar refractivity (Wildman–Crippen MR) is 156 cm³/mol. The van der Waals surface area contributed by atoms with Gasteiger partial charge in [-0.05, 0) is 43.2 Å². The summed E-state index contributed by atoms with van der Waals surface area (Å²) in [6, 6.07) is 7.78. The van der Waals surface area contributed by atoms with E-state index in [2.05, 4.69) is 4.98 Å². The number of fused-ring (bicyclic) bond motifs is 1. The Labute approximate surface area is 256 Å². The molecule has 3 aromatic heterocycles. The Morgan fingerprint density at radius 1 is 1.05 bits per heavy atom. The molecular weight excluding hydrogens is 634 g/mol. The van der Waals surface area contributed by atoms with Crippen molar-refractivity contribution < 1.29 is 31.1 Å². The number of aryl methyl sites for hydroxylation is 1. The fourth-order valence-corrected chi connectivity index (χ4v) is 6.87. The Kier molecular flexibility index (Phi) is 8.89. The number of ether oxygens (including phenoxy) is 1. The van der Waals surface area contributed by atoms with E-state index in [1.165, 1.54) is 16.2 Å². The van der Waals surface area contributed by atoms with Crippen molar-refractivity contribution in [3.8, 4) is 16.9 Å². The number of halogens is 7. The number of rotatable bonds is 7. The van der Waals surface area contributed by atoms with Crippen LogP contribution in [0.5, 0.6) is 5.75 Å². The summed E-state index contributed by atoms with van der Waals surface area (Å²) in [7, 11) is 0. The number of nitrogens with zero attached hydrogens (tertiary/aromatic N) is 4. The highest BCUT2D eigenvalue weighted by atomic mass is 35.5. The first kappa shape index (κ1) is 32.0. The van der Waals surface area contributed by atoms with Crippen LogP contribution in [0.2, 0.25) is 5.02 Å². The van der Waals surface area contributed by atoms with E-state index >= 15 is 0 Å². The number of pyridine rings is 1. The number of hydrogen-bond donors (Lipinski definition) is 0. The molecular formula is C29H27ClF6N4O3S. The van der Waals surface area contributed by atoms with Crippen LogP contribution in [0, 0.1) is 12.8 Å². The van der Waals surface area contributed by atoms with Gasteiger partial charge in [0.2, 0.25) is 0 Å². The third kappa shape index (κ3) is 7.29. The highest BCUT2D eigenvalue weighted by molar-refractivity contribution is 7.19. The summed E-state index contributed by atoms with van der Waals surface area (Å²) in [5, 5.41) is 0.431. The minimum atomic E-state index is -4.64. The molecule has 4 heterocycles. The van der Waals surface area contributed by atoms with Crippen molar-refractivity contribution in [2.45, 2.75) is 51.8 Å². The van der Waals surface area contributed by atoms with Gasteiger partial charge in [-0.25, -0.2) is 4.79 Å². The molecule has 15 heteroatoms. The normalized spacial score (nSPS) is 18.2. The molecule has 0 radical (unpaired) electrons. The molecule has 0 saturated carbocycles. The van der Waals surface area contributed by atoms with Gasteiger partial charge in [-0.15, -0.1) is 11.3 Å². The zero-order valence-electron chi connectivity index (χ0n) is 23.5. The van der Waals surface area contributed by atoms with Gasteiger partial charge in [0.25, 0.3) is 5.56 Å². The first-order valence-corrected chi connectivity index (χ1v) is 14.8. The molecule has 0 bridgehead atoms. The molecule has 0 unspecified atom stereocenters. The van der Waals surface area contributed by atoms with Gasteiger partial charge in [0.15, 0.2) is 0 Å². The van der Waals surface area contributed by atoms with Crippen molar-refractivity contribution in [2.24, 2.45) is 5.92 Å². The maximum absolute atomic E-state index is 12.9. The van der Waals surface area contributed by atoms with E-state index in [9.17, 15) is 35.9 Å². The molecule has 1 fully saturated rings. The Morgan fingerprint density at radius 3 is 2.45 bits per heavy atom. The molecule has 7 nitrogen and oxygen atoms in total. The van der Waals surface area contributed by atoms with Gasteiger partial charge in [0.05, 0.1) is 23.3 Å².